The maximum Gasteiger partial charge on any atom is 0.255 e. The van der Waals surface area contributed by atoms with Crippen LogP contribution in [0.15, 0.2) is 48.5 Å². The third-order valence-electron chi connectivity index (χ3n) is 4.72. The minimum Gasteiger partial charge on any atom is -0.322 e. The first-order valence-electron chi connectivity index (χ1n) is 8.91. The highest BCUT2D eigenvalue weighted by molar-refractivity contribution is 6.04. The highest BCUT2D eigenvalue weighted by Gasteiger charge is 2.12. The first-order valence-corrected chi connectivity index (χ1v) is 8.91. The Balaban J connectivity index is 1.52. The van der Waals surface area contributed by atoms with Gasteiger partial charge in [-0.25, -0.2) is 0 Å². The van der Waals surface area contributed by atoms with Gasteiger partial charge in [-0.3, -0.25) is 4.79 Å². The topological polar surface area (TPSA) is 41.1 Å². The fourth-order valence-electron chi connectivity index (χ4n) is 3.17. The Kier molecular flexibility index (Phi) is 5.65. The number of carbonyl (C=O) groups excluding carboxylic acids is 1. The van der Waals surface area contributed by atoms with Gasteiger partial charge in [0.15, 0.2) is 0 Å². The van der Waals surface area contributed by atoms with Crippen molar-refractivity contribution in [3.05, 3.63) is 65.2 Å². The second-order valence-electron chi connectivity index (χ2n) is 6.70. The number of amides is 1. The third kappa shape index (κ3) is 4.68. The van der Waals surface area contributed by atoms with Crippen LogP contribution in [-0.2, 0) is 6.42 Å². The molecule has 1 heterocycles. The van der Waals surface area contributed by atoms with Crippen molar-refractivity contribution in [2.45, 2.75) is 45.1 Å². The Morgan fingerprint density at radius 2 is 1.83 bits per heavy atom. The number of anilines is 1. The molecule has 2 aromatic carbocycles. The Bertz CT molecular complexity index is 655. The number of nitrogens with one attached hydrogen (secondary N) is 2. The number of aryl methyl sites for hydroxylation is 2. The summed E-state index contributed by atoms with van der Waals surface area (Å²) in [4.78, 5) is 12.2. The summed E-state index contributed by atoms with van der Waals surface area (Å²) in [6.07, 6.45) is 6.23. The van der Waals surface area contributed by atoms with E-state index in [9.17, 15) is 4.79 Å². The Labute approximate surface area is 144 Å². The lowest BCUT2D eigenvalue weighted by atomic mass is 9.98. The summed E-state index contributed by atoms with van der Waals surface area (Å²) in [5.74, 6) is -0.0610. The number of rotatable bonds is 5. The maximum absolute atomic E-state index is 12.2. The van der Waals surface area contributed by atoms with Crippen molar-refractivity contribution >= 4 is 11.6 Å². The molecule has 0 saturated carbocycles. The molecule has 126 valence electrons. The average Bonchev–Trinajstić information content (AvgIpc) is 2.62. The third-order valence-corrected chi connectivity index (χ3v) is 4.72. The molecular formula is C21H26N2O. The summed E-state index contributed by atoms with van der Waals surface area (Å²) in [5, 5.41) is 6.55. The Hall–Kier alpha value is -2.13. The lowest BCUT2D eigenvalue weighted by Crippen LogP contribution is -2.34. The molecule has 1 unspecified atom stereocenters. The molecule has 24 heavy (non-hydrogen) atoms. The van der Waals surface area contributed by atoms with Crippen molar-refractivity contribution in [1.29, 1.82) is 0 Å². The van der Waals surface area contributed by atoms with E-state index in [0.717, 1.165) is 24.2 Å². The lowest BCUT2D eigenvalue weighted by Gasteiger charge is -2.23. The van der Waals surface area contributed by atoms with E-state index < -0.39 is 0 Å². The lowest BCUT2D eigenvalue weighted by molar-refractivity contribution is 0.102. The van der Waals surface area contributed by atoms with Crippen molar-refractivity contribution < 1.29 is 4.79 Å². The van der Waals surface area contributed by atoms with Gasteiger partial charge in [0.25, 0.3) is 5.91 Å². The van der Waals surface area contributed by atoms with Gasteiger partial charge in [0.2, 0.25) is 0 Å². The second-order valence-corrected chi connectivity index (χ2v) is 6.70. The SMILES string of the molecule is Cc1ccc(C(=O)Nc2ccc(CCC3CCCCN3)cc2)cc1. The van der Waals surface area contributed by atoms with E-state index in [-0.39, 0.29) is 5.91 Å². The number of hydrogen-bond donors (Lipinski definition) is 2. The molecule has 2 aromatic rings. The molecule has 0 bridgehead atoms. The normalized spacial score (nSPS) is 17.5. The highest BCUT2D eigenvalue weighted by Crippen LogP contribution is 2.16. The Morgan fingerprint density at radius 3 is 2.50 bits per heavy atom. The van der Waals surface area contributed by atoms with E-state index in [1.165, 1.54) is 31.2 Å². The van der Waals surface area contributed by atoms with Crippen LogP contribution in [0, 0.1) is 6.92 Å². The van der Waals surface area contributed by atoms with Gasteiger partial charge in [-0.05, 0) is 69.0 Å². The fourth-order valence-corrected chi connectivity index (χ4v) is 3.17. The van der Waals surface area contributed by atoms with Crippen LogP contribution in [0.25, 0.3) is 0 Å². The van der Waals surface area contributed by atoms with Gasteiger partial charge in [0, 0.05) is 17.3 Å². The van der Waals surface area contributed by atoms with Crippen LogP contribution in [0.2, 0.25) is 0 Å². The summed E-state index contributed by atoms with van der Waals surface area (Å²) >= 11 is 0. The summed E-state index contributed by atoms with van der Waals surface area (Å²) in [7, 11) is 0. The van der Waals surface area contributed by atoms with Gasteiger partial charge in [-0.2, -0.15) is 0 Å². The molecule has 3 heteroatoms. The predicted octanol–water partition coefficient (Wildman–Crippen LogP) is 4.32. The van der Waals surface area contributed by atoms with Crippen LogP contribution in [0.3, 0.4) is 0 Å². The van der Waals surface area contributed by atoms with E-state index in [4.69, 9.17) is 0 Å². The maximum atomic E-state index is 12.2. The zero-order valence-corrected chi connectivity index (χ0v) is 14.3. The minimum absolute atomic E-state index is 0.0610. The number of carbonyl (C=O) groups is 1. The first kappa shape index (κ1) is 16.7. The first-order chi connectivity index (χ1) is 11.7. The molecule has 1 atom stereocenters. The standard InChI is InChI=1S/C21H26N2O/c1-16-5-10-18(11-6-16)21(24)23-20-13-8-17(9-14-20)7-12-19-4-2-3-15-22-19/h5-6,8-11,13-14,19,22H,2-4,7,12,15H2,1H3,(H,23,24). The van der Waals surface area contributed by atoms with Gasteiger partial charge < -0.3 is 10.6 Å². The largest absolute Gasteiger partial charge is 0.322 e. The fraction of sp³-hybridized carbons (Fsp3) is 0.381. The van der Waals surface area contributed by atoms with Crippen LogP contribution in [0.4, 0.5) is 5.69 Å². The number of benzene rings is 2. The van der Waals surface area contributed by atoms with Crippen molar-refractivity contribution in [1.82, 2.24) is 5.32 Å². The number of piperidine rings is 1. The molecule has 1 amide bonds. The van der Waals surface area contributed by atoms with E-state index in [0.29, 0.717) is 11.6 Å². The van der Waals surface area contributed by atoms with Crippen LogP contribution in [-0.4, -0.2) is 18.5 Å². The summed E-state index contributed by atoms with van der Waals surface area (Å²) in [6, 6.07) is 16.5. The number of hydrogen-bond acceptors (Lipinski definition) is 2. The van der Waals surface area contributed by atoms with Crippen molar-refractivity contribution in [3.8, 4) is 0 Å². The van der Waals surface area contributed by atoms with Gasteiger partial charge in [0.05, 0.1) is 0 Å². The molecule has 3 nitrogen and oxygen atoms in total. The van der Waals surface area contributed by atoms with E-state index in [1.807, 2.05) is 43.3 Å². The molecule has 1 saturated heterocycles. The van der Waals surface area contributed by atoms with Gasteiger partial charge in [-0.1, -0.05) is 36.2 Å². The van der Waals surface area contributed by atoms with Crippen LogP contribution < -0.4 is 10.6 Å². The Morgan fingerprint density at radius 1 is 1.08 bits per heavy atom. The van der Waals surface area contributed by atoms with Crippen molar-refractivity contribution in [3.63, 3.8) is 0 Å². The van der Waals surface area contributed by atoms with E-state index in [2.05, 4.69) is 22.8 Å². The molecule has 0 spiro atoms. The predicted molar refractivity (Wildman–Crippen MR) is 99.5 cm³/mol. The van der Waals surface area contributed by atoms with Gasteiger partial charge in [-0.15, -0.1) is 0 Å². The van der Waals surface area contributed by atoms with Gasteiger partial charge >= 0.3 is 0 Å². The van der Waals surface area contributed by atoms with Crippen molar-refractivity contribution in [2.75, 3.05) is 11.9 Å². The molecule has 0 aliphatic carbocycles. The van der Waals surface area contributed by atoms with Crippen LogP contribution in [0.1, 0.15) is 47.2 Å². The molecule has 0 aromatic heterocycles. The quantitative estimate of drug-likeness (QED) is 0.860. The molecular weight excluding hydrogens is 296 g/mol. The highest BCUT2D eigenvalue weighted by atomic mass is 16.1. The molecule has 0 radical (unpaired) electrons. The van der Waals surface area contributed by atoms with Crippen LogP contribution in [0.5, 0.6) is 0 Å². The second kappa shape index (κ2) is 8.11. The smallest absolute Gasteiger partial charge is 0.255 e. The molecule has 1 fully saturated rings. The van der Waals surface area contributed by atoms with Crippen molar-refractivity contribution in [2.24, 2.45) is 0 Å². The van der Waals surface area contributed by atoms with Crippen LogP contribution >= 0.6 is 0 Å². The minimum atomic E-state index is -0.0610. The molecule has 2 N–H and O–H groups in total. The molecule has 1 aliphatic rings. The average molecular weight is 322 g/mol. The monoisotopic (exact) mass is 322 g/mol. The van der Waals surface area contributed by atoms with E-state index >= 15 is 0 Å². The summed E-state index contributed by atoms with van der Waals surface area (Å²) in [5.41, 5.74) is 4.02. The zero-order chi connectivity index (χ0) is 16.8. The molecule has 3 rings (SSSR count). The summed E-state index contributed by atoms with van der Waals surface area (Å²) in [6.45, 7) is 3.18. The van der Waals surface area contributed by atoms with Gasteiger partial charge in [0.1, 0.15) is 0 Å². The molecule has 1 aliphatic heterocycles. The summed E-state index contributed by atoms with van der Waals surface area (Å²) < 4.78 is 0. The zero-order valence-electron chi connectivity index (χ0n) is 14.3. The van der Waals surface area contributed by atoms with E-state index in [1.54, 1.807) is 0 Å².